The number of nitro groups is 1. The van der Waals surface area contributed by atoms with Gasteiger partial charge in [-0.15, -0.1) is 0 Å². The van der Waals surface area contributed by atoms with Crippen LogP contribution in [0.4, 0.5) is 11.4 Å². The molecule has 0 spiro atoms. The Morgan fingerprint density at radius 3 is 2.46 bits per heavy atom. The fraction of sp³-hybridized carbons (Fsp3) is 0.176. The van der Waals surface area contributed by atoms with Gasteiger partial charge in [-0.1, -0.05) is 11.6 Å². The Hall–Kier alpha value is -3.13. The van der Waals surface area contributed by atoms with Crippen LogP contribution in [0.25, 0.3) is 0 Å². The highest BCUT2D eigenvalue weighted by Gasteiger charge is 2.12. The maximum atomic E-state index is 11.8. The maximum absolute atomic E-state index is 11.8. The summed E-state index contributed by atoms with van der Waals surface area (Å²) in [5.41, 5.74) is 0.838. The predicted molar refractivity (Wildman–Crippen MR) is 94.4 cm³/mol. The molecule has 0 aliphatic carbocycles. The van der Waals surface area contributed by atoms with Gasteiger partial charge in [-0.25, -0.2) is 4.79 Å². The van der Waals surface area contributed by atoms with Gasteiger partial charge in [-0.3, -0.25) is 14.9 Å². The Balaban J connectivity index is 1.78. The first-order valence-electron chi connectivity index (χ1n) is 7.44. The molecule has 2 rings (SSSR count). The van der Waals surface area contributed by atoms with Crippen molar-refractivity contribution in [2.24, 2.45) is 0 Å². The Kier molecular flexibility index (Phi) is 6.51. The highest BCUT2D eigenvalue weighted by molar-refractivity contribution is 6.30. The van der Waals surface area contributed by atoms with E-state index in [0.717, 1.165) is 0 Å². The lowest BCUT2D eigenvalue weighted by Crippen LogP contribution is -2.24. The van der Waals surface area contributed by atoms with Crippen LogP contribution in [0, 0.1) is 17.0 Å². The number of nitrogens with zero attached hydrogens (tertiary/aromatic N) is 1. The molecule has 0 aliphatic heterocycles. The summed E-state index contributed by atoms with van der Waals surface area (Å²) in [5, 5.41) is 13.7. The van der Waals surface area contributed by atoms with E-state index in [-0.39, 0.29) is 12.3 Å². The van der Waals surface area contributed by atoms with Crippen LogP contribution >= 0.6 is 11.6 Å². The van der Waals surface area contributed by atoms with E-state index in [2.05, 4.69) is 5.32 Å². The summed E-state index contributed by atoms with van der Waals surface area (Å²) in [6, 6.07) is 10.4. The molecule has 0 atom stereocenters. The maximum Gasteiger partial charge on any atom is 0.344 e. The number of ether oxygens (including phenoxy) is 2. The molecule has 136 valence electrons. The zero-order valence-corrected chi connectivity index (χ0v) is 14.5. The highest BCUT2D eigenvalue weighted by Crippen LogP contribution is 2.21. The van der Waals surface area contributed by atoms with Crippen LogP contribution in [-0.2, 0) is 14.3 Å². The van der Waals surface area contributed by atoms with Gasteiger partial charge in [0.15, 0.2) is 13.2 Å². The van der Waals surface area contributed by atoms with Crippen molar-refractivity contribution in [1.82, 2.24) is 0 Å². The first-order chi connectivity index (χ1) is 12.3. The lowest BCUT2D eigenvalue weighted by molar-refractivity contribution is -0.384. The van der Waals surface area contributed by atoms with Crippen LogP contribution in [0.1, 0.15) is 5.56 Å². The van der Waals surface area contributed by atoms with E-state index in [1.807, 2.05) is 0 Å². The van der Waals surface area contributed by atoms with Crippen molar-refractivity contribution >= 4 is 34.9 Å². The molecule has 0 radical (unpaired) electrons. The lowest BCUT2D eigenvalue weighted by Gasteiger charge is -2.09. The van der Waals surface area contributed by atoms with E-state index in [4.69, 9.17) is 21.1 Å². The molecule has 1 N–H and O–H groups in total. The van der Waals surface area contributed by atoms with Gasteiger partial charge >= 0.3 is 5.97 Å². The monoisotopic (exact) mass is 378 g/mol. The molecule has 0 fully saturated rings. The van der Waals surface area contributed by atoms with Crippen LogP contribution in [-0.4, -0.2) is 30.0 Å². The predicted octanol–water partition coefficient (Wildman–Crippen LogP) is 3.12. The number of non-ortho nitro benzene ring substituents is 1. The lowest BCUT2D eigenvalue weighted by atomic mass is 10.2. The molecule has 0 aromatic heterocycles. The Labute approximate surface area is 153 Å². The van der Waals surface area contributed by atoms with E-state index in [0.29, 0.717) is 22.0 Å². The molecule has 9 heteroatoms. The number of carbonyl (C=O) groups is 2. The van der Waals surface area contributed by atoms with E-state index in [1.165, 1.54) is 18.2 Å². The normalized spacial score (nSPS) is 10.1. The van der Waals surface area contributed by atoms with Gasteiger partial charge in [0.2, 0.25) is 0 Å². The van der Waals surface area contributed by atoms with Gasteiger partial charge in [-0.2, -0.15) is 0 Å². The van der Waals surface area contributed by atoms with E-state index in [1.54, 1.807) is 31.2 Å². The first kappa shape index (κ1) is 19.2. The van der Waals surface area contributed by atoms with Gasteiger partial charge in [0.05, 0.1) is 4.92 Å². The summed E-state index contributed by atoms with van der Waals surface area (Å²) >= 11 is 5.74. The minimum atomic E-state index is -0.712. The molecule has 0 unspecified atom stereocenters. The number of hydrogen-bond acceptors (Lipinski definition) is 6. The van der Waals surface area contributed by atoms with Gasteiger partial charge in [0, 0.05) is 22.8 Å². The van der Waals surface area contributed by atoms with Gasteiger partial charge in [0.1, 0.15) is 5.75 Å². The molecule has 26 heavy (non-hydrogen) atoms. The number of esters is 1. The number of rotatable bonds is 7. The van der Waals surface area contributed by atoms with Crippen molar-refractivity contribution in [2.45, 2.75) is 6.92 Å². The smallest absolute Gasteiger partial charge is 0.344 e. The third-order valence-electron chi connectivity index (χ3n) is 3.23. The van der Waals surface area contributed by atoms with Gasteiger partial charge in [0.25, 0.3) is 11.6 Å². The molecule has 0 aliphatic rings. The van der Waals surface area contributed by atoms with Gasteiger partial charge < -0.3 is 14.8 Å². The summed E-state index contributed by atoms with van der Waals surface area (Å²) in [4.78, 5) is 33.6. The molecule has 0 bridgehead atoms. The Morgan fingerprint density at radius 1 is 1.15 bits per heavy atom. The molecule has 2 aromatic carbocycles. The Morgan fingerprint density at radius 2 is 1.85 bits per heavy atom. The van der Waals surface area contributed by atoms with Crippen molar-refractivity contribution in [1.29, 1.82) is 0 Å². The molecular formula is C17H15ClN2O6. The van der Waals surface area contributed by atoms with Crippen molar-refractivity contribution in [3.05, 3.63) is 63.2 Å². The largest absolute Gasteiger partial charge is 0.482 e. The number of hydrogen-bond donors (Lipinski definition) is 1. The highest BCUT2D eigenvalue weighted by atomic mass is 35.5. The number of amides is 1. The number of aryl methyl sites for hydroxylation is 1. The quantitative estimate of drug-likeness (QED) is 0.450. The minimum Gasteiger partial charge on any atom is -0.482 e. The fourth-order valence-electron chi connectivity index (χ4n) is 1.95. The molecule has 0 heterocycles. The first-order valence-corrected chi connectivity index (χ1v) is 7.82. The molecule has 1 amide bonds. The summed E-state index contributed by atoms with van der Waals surface area (Å²) in [6.07, 6.45) is 0. The number of anilines is 1. The van der Waals surface area contributed by atoms with Crippen LogP contribution in [0.15, 0.2) is 42.5 Å². The van der Waals surface area contributed by atoms with Crippen LogP contribution in [0.5, 0.6) is 5.75 Å². The second-order valence-electron chi connectivity index (χ2n) is 5.21. The summed E-state index contributed by atoms with van der Waals surface area (Å²) in [7, 11) is 0. The number of carbonyl (C=O) groups excluding carboxylic acids is 2. The Bertz CT molecular complexity index is 823. The second kappa shape index (κ2) is 8.82. The van der Waals surface area contributed by atoms with Crippen LogP contribution in [0.3, 0.4) is 0 Å². The number of nitro benzene ring substituents is 1. The molecule has 0 saturated heterocycles. The average molecular weight is 379 g/mol. The zero-order chi connectivity index (χ0) is 19.1. The number of halogens is 1. The van der Waals surface area contributed by atoms with Crippen molar-refractivity contribution in [2.75, 3.05) is 18.5 Å². The molecule has 2 aromatic rings. The standard InChI is InChI=1S/C17H15ClN2O6/c1-11-8-13(20(23)24)4-7-15(11)19-16(21)9-26-17(22)10-25-14-5-2-12(18)3-6-14/h2-8H,9-10H2,1H3,(H,19,21). The third kappa shape index (κ3) is 5.75. The van der Waals surface area contributed by atoms with Crippen molar-refractivity contribution in [3.8, 4) is 5.75 Å². The van der Waals surface area contributed by atoms with E-state index in [9.17, 15) is 19.7 Å². The molecule has 0 saturated carbocycles. The summed E-state index contributed by atoms with van der Waals surface area (Å²) in [5.74, 6) is -0.838. The van der Waals surface area contributed by atoms with E-state index >= 15 is 0 Å². The van der Waals surface area contributed by atoms with Crippen molar-refractivity contribution < 1.29 is 24.0 Å². The van der Waals surface area contributed by atoms with Crippen LogP contribution < -0.4 is 10.1 Å². The molecular weight excluding hydrogens is 364 g/mol. The van der Waals surface area contributed by atoms with Crippen molar-refractivity contribution in [3.63, 3.8) is 0 Å². The minimum absolute atomic E-state index is 0.0775. The SMILES string of the molecule is Cc1cc([N+](=O)[O-])ccc1NC(=O)COC(=O)COc1ccc(Cl)cc1. The number of nitrogens with one attached hydrogen (secondary N) is 1. The topological polar surface area (TPSA) is 108 Å². The fourth-order valence-corrected chi connectivity index (χ4v) is 2.07. The summed E-state index contributed by atoms with van der Waals surface area (Å²) in [6.45, 7) is 0.763. The second-order valence-corrected chi connectivity index (χ2v) is 5.64. The average Bonchev–Trinajstić information content (AvgIpc) is 2.61. The molecule has 8 nitrogen and oxygen atoms in total. The van der Waals surface area contributed by atoms with Gasteiger partial charge in [-0.05, 0) is 42.8 Å². The number of benzene rings is 2. The third-order valence-corrected chi connectivity index (χ3v) is 3.48. The summed E-state index contributed by atoms with van der Waals surface area (Å²) < 4.78 is 10.0. The van der Waals surface area contributed by atoms with Crippen LogP contribution in [0.2, 0.25) is 5.02 Å². The zero-order valence-electron chi connectivity index (χ0n) is 13.7. The van der Waals surface area contributed by atoms with E-state index < -0.39 is 23.4 Å².